The van der Waals surface area contributed by atoms with Gasteiger partial charge < -0.3 is 10.1 Å². The number of para-hydroxylation sites is 1. The van der Waals surface area contributed by atoms with Crippen molar-refractivity contribution in [2.45, 2.75) is 50.7 Å². The lowest BCUT2D eigenvalue weighted by Gasteiger charge is -2.56. The Morgan fingerprint density at radius 2 is 1.76 bits per heavy atom. The zero-order valence-corrected chi connectivity index (χ0v) is 19.3. The maximum Gasteiger partial charge on any atom is 0.256 e. The number of carbonyl (C=O) groups is 1. The molecule has 1 N–H and O–H groups in total. The van der Waals surface area contributed by atoms with Crippen LogP contribution in [0.15, 0.2) is 60.8 Å². The van der Waals surface area contributed by atoms with E-state index in [1.807, 2.05) is 48.5 Å². The van der Waals surface area contributed by atoms with Crippen LogP contribution in [0.3, 0.4) is 0 Å². The van der Waals surface area contributed by atoms with Crippen molar-refractivity contribution in [2.24, 2.45) is 17.8 Å². The van der Waals surface area contributed by atoms with E-state index in [1.54, 1.807) is 6.07 Å². The number of amides is 1. The van der Waals surface area contributed by atoms with Gasteiger partial charge in [-0.1, -0.05) is 35.9 Å². The maximum atomic E-state index is 12.9. The fraction of sp³-hybridized carbons (Fsp3) is 0.407. The first kappa shape index (κ1) is 20.8. The van der Waals surface area contributed by atoms with E-state index in [0.29, 0.717) is 28.8 Å². The summed E-state index contributed by atoms with van der Waals surface area (Å²) in [6, 6.07) is 16.8. The van der Waals surface area contributed by atoms with Gasteiger partial charge in [0.15, 0.2) is 5.82 Å². The standard InChI is InChI=1S/C27H28ClN3O2/c28-23-6-1-2-7-24(23)33-17-18-4-3-5-22(13-18)26(32)29-25-8-9-31(30-25)27-14-19-10-20(15-27)12-21(11-19)16-27/h1-9,13,19-21H,10-12,14-17H2,(H,29,30,32). The van der Waals surface area contributed by atoms with Crippen molar-refractivity contribution in [3.8, 4) is 5.75 Å². The van der Waals surface area contributed by atoms with Gasteiger partial charge in [0, 0.05) is 17.8 Å². The molecule has 4 aliphatic carbocycles. The Morgan fingerprint density at radius 3 is 2.48 bits per heavy atom. The van der Waals surface area contributed by atoms with Crippen molar-refractivity contribution < 1.29 is 9.53 Å². The number of aromatic nitrogens is 2. The van der Waals surface area contributed by atoms with Crippen LogP contribution in [-0.2, 0) is 12.1 Å². The Balaban J connectivity index is 1.13. The number of halogens is 1. The molecule has 4 bridgehead atoms. The summed E-state index contributed by atoms with van der Waals surface area (Å²) < 4.78 is 7.98. The summed E-state index contributed by atoms with van der Waals surface area (Å²) in [6.07, 6.45) is 9.99. The van der Waals surface area contributed by atoms with Crippen molar-refractivity contribution >= 4 is 23.3 Å². The van der Waals surface area contributed by atoms with Gasteiger partial charge >= 0.3 is 0 Å². The molecule has 7 rings (SSSR count). The van der Waals surface area contributed by atoms with Crippen LogP contribution in [0.2, 0.25) is 5.02 Å². The highest BCUT2D eigenvalue weighted by Crippen LogP contribution is 2.58. The third kappa shape index (κ3) is 4.04. The Kier molecular flexibility index (Phi) is 5.17. The first-order chi connectivity index (χ1) is 16.1. The Hall–Kier alpha value is -2.79. The van der Waals surface area contributed by atoms with Crippen LogP contribution in [0.5, 0.6) is 5.75 Å². The van der Waals surface area contributed by atoms with Crippen molar-refractivity contribution in [1.82, 2.24) is 9.78 Å². The van der Waals surface area contributed by atoms with Crippen LogP contribution in [0, 0.1) is 17.8 Å². The van der Waals surface area contributed by atoms with E-state index >= 15 is 0 Å². The van der Waals surface area contributed by atoms with Gasteiger partial charge in [0.2, 0.25) is 0 Å². The molecule has 1 heterocycles. The molecule has 0 saturated heterocycles. The summed E-state index contributed by atoms with van der Waals surface area (Å²) in [7, 11) is 0. The fourth-order valence-electron chi connectivity index (χ4n) is 6.71. The fourth-order valence-corrected chi connectivity index (χ4v) is 6.90. The number of nitrogens with zero attached hydrogens (tertiary/aromatic N) is 2. The van der Waals surface area contributed by atoms with E-state index in [1.165, 1.54) is 38.5 Å². The minimum atomic E-state index is -0.162. The highest BCUT2D eigenvalue weighted by atomic mass is 35.5. The SMILES string of the molecule is O=C(Nc1ccn(C23CC4CC(CC(C4)C2)C3)n1)c1cccc(COc2ccccc2Cl)c1. The Labute approximate surface area is 199 Å². The monoisotopic (exact) mass is 461 g/mol. The molecule has 170 valence electrons. The molecule has 0 atom stereocenters. The Morgan fingerprint density at radius 1 is 1.03 bits per heavy atom. The number of benzene rings is 2. The van der Waals surface area contributed by atoms with E-state index in [4.69, 9.17) is 21.4 Å². The lowest BCUT2D eigenvalue weighted by molar-refractivity contribution is -0.0492. The number of anilines is 1. The lowest BCUT2D eigenvalue weighted by atomic mass is 9.53. The van der Waals surface area contributed by atoms with Crippen LogP contribution in [0.1, 0.15) is 54.4 Å². The van der Waals surface area contributed by atoms with Crippen LogP contribution in [0.25, 0.3) is 0 Å². The molecule has 2 aromatic carbocycles. The van der Waals surface area contributed by atoms with E-state index in [-0.39, 0.29) is 11.4 Å². The molecule has 6 heteroatoms. The zero-order valence-electron chi connectivity index (χ0n) is 18.5. The smallest absolute Gasteiger partial charge is 0.256 e. The van der Waals surface area contributed by atoms with Crippen LogP contribution < -0.4 is 10.1 Å². The molecule has 4 saturated carbocycles. The van der Waals surface area contributed by atoms with Gasteiger partial charge in [-0.25, -0.2) is 0 Å². The molecule has 33 heavy (non-hydrogen) atoms. The topological polar surface area (TPSA) is 56.2 Å². The number of carbonyl (C=O) groups excluding carboxylic acids is 1. The molecule has 5 nitrogen and oxygen atoms in total. The molecule has 0 aliphatic heterocycles. The summed E-state index contributed by atoms with van der Waals surface area (Å²) in [5, 5.41) is 8.38. The third-order valence-corrected chi connectivity index (χ3v) is 8.05. The molecule has 3 aromatic rings. The number of ether oxygens (including phenoxy) is 1. The van der Waals surface area contributed by atoms with Crippen molar-refractivity contribution in [2.75, 3.05) is 5.32 Å². The second kappa shape index (κ2) is 8.21. The average Bonchev–Trinajstić information content (AvgIpc) is 3.27. The molecule has 4 aliphatic rings. The van der Waals surface area contributed by atoms with Gasteiger partial charge in [-0.2, -0.15) is 5.10 Å². The number of hydrogen-bond donors (Lipinski definition) is 1. The summed E-state index contributed by atoms with van der Waals surface area (Å²) in [5.74, 6) is 3.65. The lowest BCUT2D eigenvalue weighted by Crippen LogP contribution is -2.52. The van der Waals surface area contributed by atoms with Crippen LogP contribution in [0.4, 0.5) is 5.82 Å². The predicted molar refractivity (Wildman–Crippen MR) is 129 cm³/mol. The molecule has 1 aromatic heterocycles. The minimum Gasteiger partial charge on any atom is -0.487 e. The third-order valence-electron chi connectivity index (χ3n) is 7.74. The van der Waals surface area contributed by atoms with Gasteiger partial charge in [0.1, 0.15) is 12.4 Å². The first-order valence-electron chi connectivity index (χ1n) is 11.9. The molecular weight excluding hydrogens is 434 g/mol. The van der Waals surface area contributed by atoms with Crippen LogP contribution in [-0.4, -0.2) is 15.7 Å². The van der Waals surface area contributed by atoms with E-state index in [2.05, 4.69) is 16.2 Å². The average molecular weight is 462 g/mol. The normalized spacial score (nSPS) is 27.5. The molecule has 0 unspecified atom stereocenters. The van der Waals surface area contributed by atoms with E-state index in [0.717, 1.165) is 23.3 Å². The van der Waals surface area contributed by atoms with Crippen molar-refractivity contribution in [3.63, 3.8) is 0 Å². The van der Waals surface area contributed by atoms with Gasteiger partial charge in [-0.3, -0.25) is 9.48 Å². The van der Waals surface area contributed by atoms with E-state index in [9.17, 15) is 4.79 Å². The Bertz CT molecular complexity index is 1150. The number of nitrogens with one attached hydrogen (secondary N) is 1. The number of rotatable bonds is 6. The predicted octanol–water partition coefficient (Wildman–Crippen LogP) is 6.29. The minimum absolute atomic E-state index is 0.160. The van der Waals surface area contributed by atoms with Crippen molar-refractivity contribution in [3.05, 3.63) is 76.9 Å². The summed E-state index contributed by atoms with van der Waals surface area (Å²) in [6.45, 7) is 0.339. The molecule has 4 fully saturated rings. The largest absolute Gasteiger partial charge is 0.487 e. The summed E-state index contributed by atoms with van der Waals surface area (Å²) >= 11 is 6.16. The second-order valence-electron chi connectivity index (χ2n) is 10.2. The van der Waals surface area contributed by atoms with Gasteiger partial charge in [0.05, 0.1) is 10.6 Å². The zero-order chi connectivity index (χ0) is 22.4. The summed E-state index contributed by atoms with van der Waals surface area (Å²) in [5.41, 5.74) is 1.65. The molecule has 1 amide bonds. The highest BCUT2D eigenvalue weighted by molar-refractivity contribution is 6.32. The van der Waals surface area contributed by atoms with Gasteiger partial charge in [0.25, 0.3) is 5.91 Å². The second-order valence-corrected chi connectivity index (χ2v) is 10.6. The quantitative estimate of drug-likeness (QED) is 0.469. The molecule has 0 spiro atoms. The molecule has 0 radical (unpaired) electrons. The first-order valence-corrected chi connectivity index (χ1v) is 12.3. The van der Waals surface area contributed by atoms with E-state index < -0.39 is 0 Å². The highest BCUT2D eigenvalue weighted by Gasteiger charge is 2.52. The molecular formula is C27H28ClN3O2. The van der Waals surface area contributed by atoms with Gasteiger partial charge in [-0.15, -0.1) is 0 Å². The van der Waals surface area contributed by atoms with Crippen LogP contribution >= 0.6 is 11.6 Å². The van der Waals surface area contributed by atoms with Gasteiger partial charge in [-0.05, 0) is 86.1 Å². The van der Waals surface area contributed by atoms with Crippen molar-refractivity contribution in [1.29, 1.82) is 0 Å². The maximum absolute atomic E-state index is 12.9. The summed E-state index contributed by atoms with van der Waals surface area (Å²) in [4.78, 5) is 12.9. The number of hydrogen-bond acceptors (Lipinski definition) is 3.